The van der Waals surface area contributed by atoms with Crippen molar-refractivity contribution in [1.82, 2.24) is 0 Å². The summed E-state index contributed by atoms with van der Waals surface area (Å²) in [7, 11) is 1.64. The average molecular weight is 289 g/mol. The molecule has 2 atom stereocenters. The summed E-state index contributed by atoms with van der Waals surface area (Å²) in [6, 6.07) is 13.7. The highest BCUT2D eigenvalue weighted by Gasteiger charge is 2.21. The van der Waals surface area contributed by atoms with E-state index in [2.05, 4.69) is 0 Å². The van der Waals surface area contributed by atoms with E-state index in [1.54, 1.807) is 32.2 Å². The van der Waals surface area contributed by atoms with Crippen LogP contribution in [0, 0.1) is 5.82 Å². The van der Waals surface area contributed by atoms with Crippen LogP contribution in [-0.2, 0) is 11.3 Å². The van der Waals surface area contributed by atoms with Gasteiger partial charge in [0.1, 0.15) is 17.7 Å². The van der Waals surface area contributed by atoms with Crippen LogP contribution in [0.3, 0.4) is 0 Å². The van der Waals surface area contributed by atoms with Gasteiger partial charge in [0, 0.05) is 18.7 Å². The lowest BCUT2D eigenvalue weighted by Gasteiger charge is -2.23. The summed E-state index contributed by atoms with van der Waals surface area (Å²) in [5, 5.41) is 0. The first-order chi connectivity index (χ1) is 10.1. The molecule has 0 aromatic heterocycles. The molecule has 0 aliphatic heterocycles. The third-order valence-corrected chi connectivity index (χ3v) is 3.16. The van der Waals surface area contributed by atoms with Crippen LogP contribution in [0.1, 0.15) is 24.2 Å². The maximum Gasteiger partial charge on any atom is 0.141 e. The monoisotopic (exact) mass is 289 g/mol. The molecular weight excluding hydrogens is 269 g/mol. The smallest absolute Gasteiger partial charge is 0.141 e. The molecule has 2 unspecified atom stereocenters. The first-order valence-electron chi connectivity index (χ1n) is 6.86. The van der Waals surface area contributed by atoms with E-state index in [0.717, 1.165) is 5.56 Å². The maximum absolute atomic E-state index is 13.9. The van der Waals surface area contributed by atoms with Crippen molar-refractivity contribution < 1.29 is 13.9 Å². The minimum Gasteiger partial charge on any atom is -0.484 e. The van der Waals surface area contributed by atoms with Gasteiger partial charge in [0.05, 0.1) is 6.61 Å². The molecule has 3 nitrogen and oxygen atoms in total. The molecule has 0 amide bonds. The van der Waals surface area contributed by atoms with E-state index < -0.39 is 6.10 Å². The van der Waals surface area contributed by atoms with E-state index in [4.69, 9.17) is 15.2 Å². The van der Waals surface area contributed by atoms with Crippen LogP contribution >= 0.6 is 0 Å². The van der Waals surface area contributed by atoms with Crippen LogP contribution < -0.4 is 10.5 Å². The lowest BCUT2D eigenvalue weighted by Crippen LogP contribution is -2.29. The van der Waals surface area contributed by atoms with E-state index in [1.165, 1.54) is 6.07 Å². The molecule has 0 saturated carbocycles. The summed E-state index contributed by atoms with van der Waals surface area (Å²) < 4.78 is 25.0. The fraction of sp³-hybridized carbons (Fsp3) is 0.294. The zero-order valence-corrected chi connectivity index (χ0v) is 12.3. The Morgan fingerprint density at radius 2 is 1.90 bits per heavy atom. The molecular formula is C17H20FNO2. The summed E-state index contributed by atoms with van der Waals surface area (Å²) in [5.74, 6) is 0.336. The minimum absolute atomic E-state index is 0.312. The molecule has 0 fully saturated rings. The third kappa shape index (κ3) is 4.03. The highest BCUT2D eigenvalue weighted by Crippen LogP contribution is 2.26. The number of ether oxygens (including phenoxy) is 2. The highest BCUT2D eigenvalue weighted by atomic mass is 19.1. The normalized spacial score (nSPS) is 13.7. The topological polar surface area (TPSA) is 44.5 Å². The quantitative estimate of drug-likeness (QED) is 0.886. The van der Waals surface area contributed by atoms with Crippen LogP contribution in [0.4, 0.5) is 4.39 Å². The van der Waals surface area contributed by atoms with Gasteiger partial charge in [-0.2, -0.15) is 0 Å². The molecule has 2 aromatic rings. The summed E-state index contributed by atoms with van der Waals surface area (Å²) in [4.78, 5) is 0. The van der Waals surface area contributed by atoms with Crippen LogP contribution in [0.25, 0.3) is 0 Å². The van der Waals surface area contributed by atoms with Crippen LogP contribution in [0.5, 0.6) is 5.75 Å². The number of rotatable bonds is 6. The number of nitrogens with two attached hydrogens (primary N) is 1. The van der Waals surface area contributed by atoms with E-state index in [-0.39, 0.29) is 11.9 Å². The predicted octanol–water partition coefficient (Wildman–Crippen LogP) is 3.44. The largest absolute Gasteiger partial charge is 0.484 e. The second-order valence-electron chi connectivity index (χ2n) is 5.00. The molecule has 2 aromatic carbocycles. The summed E-state index contributed by atoms with van der Waals surface area (Å²) in [5.41, 5.74) is 7.42. The van der Waals surface area contributed by atoms with Crippen molar-refractivity contribution >= 4 is 0 Å². The van der Waals surface area contributed by atoms with E-state index in [0.29, 0.717) is 17.9 Å². The Morgan fingerprint density at radius 3 is 2.57 bits per heavy atom. The Labute approximate surface area is 124 Å². The molecule has 0 radical (unpaired) electrons. The number of benzene rings is 2. The Morgan fingerprint density at radius 1 is 1.14 bits per heavy atom. The molecule has 4 heteroatoms. The standard InChI is InChI=1S/C17H20FNO2/c1-12(19)17(15-8-3-4-9-16(15)18)21-14-7-5-6-13(10-14)11-20-2/h3-10,12,17H,11,19H2,1-2H3. The van der Waals surface area contributed by atoms with Crippen LogP contribution in [0.2, 0.25) is 0 Å². The zero-order valence-electron chi connectivity index (χ0n) is 12.3. The van der Waals surface area contributed by atoms with Crippen molar-refractivity contribution in [3.63, 3.8) is 0 Å². The number of hydrogen-bond acceptors (Lipinski definition) is 3. The molecule has 21 heavy (non-hydrogen) atoms. The second kappa shape index (κ2) is 7.20. The van der Waals surface area contributed by atoms with Crippen molar-refractivity contribution in [1.29, 1.82) is 0 Å². The summed E-state index contributed by atoms with van der Waals surface area (Å²) >= 11 is 0. The van der Waals surface area contributed by atoms with Gasteiger partial charge in [-0.15, -0.1) is 0 Å². The summed E-state index contributed by atoms with van der Waals surface area (Å²) in [6.07, 6.45) is -0.538. The van der Waals surface area contributed by atoms with Crippen molar-refractivity contribution in [2.45, 2.75) is 25.7 Å². The van der Waals surface area contributed by atoms with Gasteiger partial charge in [-0.25, -0.2) is 4.39 Å². The molecule has 2 rings (SSSR count). The van der Waals surface area contributed by atoms with Crippen molar-refractivity contribution in [2.75, 3.05) is 7.11 Å². The van der Waals surface area contributed by atoms with Gasteiger partial charge in [-0.05, 0) is 30.7 Å². The average Bonchev–Trinajstić information content (AvgIpc) is 2.46. The molecule has 2 N–H and O–H groups in total. The van der Waals surface area contributed by atoms with Gasteiger partial charge in [0.25, 0.3) is 0 Å². The maximum atomic E-state index is 13.9. The molecule has 0 aliphatic rings. The van der Waals surface area contributed by atoms with Gasteiger partial charge in [0.2, 0.25) is 0 Å². The molecule has 0 spiro atoms. The predicted molar refractivity (Wildman–Crippen MR) is 80.6 cm³/mol. The van der Waals surface area contributed by atoms with Crippen molar-refractivity contribution in [3.05, 3.63) is 65.5 Å². The second-order valence-corrected chi connectivity index (χ2v) is 5.00. The molecule has 0 heterocycles. The Hall–Kier alpha value is -1.91. The first kappa shape index (κ1) is 15.5. The minimum atomic E-state index is -0.538. The molecule has 0 saturated heterocycles. The van der Waals surface area contributed by atoms with Gasteiger partial charge in [-0.3, -0.25) is 0 Å². The van der Waals surface area contributed by atoms with E-state index in [9.17, 15) is 4.39 Å². The molecule has 112 valence electrons. The zero-order chi connectivity index (χ0) is 15.2. The fourth-order valence-corrected chi connectivity index (χ4v) is 2.18. The summed E-state index contributed by atoms with van der Waals surface area (Å²) in [6.45, 7) is 2.30. The van der Waals surface area contributed by atoms with Gasteiger partial charge in [0.15, 0.2) is 0 Å². The van der Waals surface area contributed by atoms with Gasteiger partial charge >= 0.3 is 0 Å². The van der Waals surface area contributed by atoms with E-state index >= 15 is 0 Å². The van der Waals surface area contributed by atoms with Crippen LogP contribution in [-0.4, -0.2) is 13.2 Å². The Balaban J connectivity index is 2.25. The Kier molecular flexibility index (Phi) is 5.31. The number of halogens is 1. The van der Waals surface area contributed by atoms with Crippen LogP contribution in [0.15, 0.2) is 48.5 Å². The Bertz CT molecular complexity index is 587. The van der Waals surface area contributed by atoms with Crippen molar-refractivity contribution in [3.8, 4) is 5.75 Å². The van der Waals surface area contributed by atoms with Crippen molar-refractivity contribution in [2.24, 2.45) is 5.73 Å². The molecule has 0 bridgehead atoms. The SMILES string of the molecule is COCc1cccc(OC(c2ccccc2F)C(C)N)c1. The fourth-order valence-electron chi connectivity index (χ4n) is 2.18. The highest BCUT2D eigenvalue weighted by molar-refractivity contribution is 5.30. The lowest BCUT2D eigenvalue weighted by atomic mass is 10.0. The number of methoxy groups -OCH3 is 1. The molecule has 0 aliphatic carbocycles. The number of hydrogen-bond donors (Lipinski definition) is 1. The van der Waals surface area contributed by atoms with Gasteiger partial charge < -0.3 is 15.2 Å². The third-order valence-electron chi connectivity index (χ3n) is 3.16. The lowest BCUT2D eigenvalue weighted by molar-refractivity contribution is 0.171. The first-order valence-corrected chi connectivity index (χ1v) is 6.86. The van der Waals surface area contributed by atoms with Gasteiger partial charge in [-0.1, -0.05) is 30.3 Å². The van der Waals surface area contributed by atoms with E-state index in [1.807, 2.05) is 24.3 Å².